The Morgan fingerprint density at radius 2 is 1.36 bits per heavy atom. The zero-order valence-corrected chi connectivity index (χ0v) is 11.9. The van der Waals surface area contributed by atoms with Crippen LogP contribution in [0.25, 0.3) is 16.8 Å². The van der Waals surface area contributed by atoms with Gasteiger partial charge in [0, 0.05) is 29.3 Å². The fourth-order valence-electron chi connectivity index (χ4n) is 2.24. The predicted molar refractivity (Wildman–Crippen MR) is 80.0 cm³/mol. The summed E-state index contributed by atoms with van der Waals surface area (Å²) in [4.78, 5) is 0. The molecule has 0 aliphatic rings. The molecule has 3 aromatic rings. The summed E-state index contributed by atoms with van der Waals surface area (Å²) in [6.45, 7) is 2.15. The largest absolute Gasteiger partial charge is 0.673 e. The van der Waals surface area contributed by atoms with Crippen LogP contribution >= 0.6 is 0 Å². The maximum absolute atomic E-state index is 9.75. The van der Waals surface area contributed by atoms with Crippen molar-refractivity contribution in [2.45, 2.75) is 6.92 Å². The standard InChI is InChI=1S/C16H14N.BF4/c1-13-10-11-15-9-5-6-12-17(15)16(13)14-7-3-2-4-8-14;2-1(3,4)5/h2-12H,1H3;/q+1;-1. The Morgan fingerprint density at radius 1 is 0.773 bits per heavy atom. The van der Waals surface area contributed by atoms with E-state index in [0.717, 1.165) is 0 Å². The lowest BCUT2D eigenvalue weighted by Crippen LogP contribution is -2.25. The van der Waals surface area contributed by atoms with E-state index in [1.165, 1.54) is 22.3 Å². The molecule has 0 fully saturated rings. The summed E-state index contributed by atoms with van der Waals surface area (Å²) < 4.78 is 41.2. The topological polar surface area (TPSA) is 4.10 Å². The highest BCUT2D eigenvalue weighted by Gasteiger charge is 2.20. The van der Waals surface area contributed by atoms with Gasteiger partial charge in [-0.25, -0.2) is 0 Å². The van der Waals surface area contributed by atoms with Crippen molar-refractivity contribution in [3.05, 3.63) is 72.4 Å². The Hall–Kier alpha value is -2.37. The molecule has 2 aromatic heterocycles. The summed E-state index contributed by atoms with van der Waals surface area (Å²) in [5, 5.41) is 0. The second kappa shape index (κ2) is 6.60. The van der Waals surface area contributed by atoms with Crippen LogP contribution in [0.15, 0.2) is 66.9 Å². The lowest BCUT2D eigenvalue weighted by molar-refractivity contribution is -0.500. The number of rotatable bonds is 1. The van der Waals surface area contributed by atoms with E-state index in [4.69, 9.17) is 0 Å². The van der Waals surface area contributed by atoms with Gasteiger partial charge in [0.1, 0.15) is 0 Å². The van der Waals surface area contributed by atoms with Gasteiger partial charge in [-0.2, -0.15) is 4.40 Å². The Bertz CT molecular complexity index is 751. The zero-order chi connectivity index (χ0) is 16.2. The number of benzene rings is 1. The molecule has 0 saturated carbocycles. The second-order valence-electron chi connectivity index (χ2n) is 4.72. The van der Waals surface area contributed by atoms with Gasteiger partial charge in [0.05, 0.1) is 0 Å². The lowest BCUT2D eigenvalue weighted by Gasteiger charge is -2.03. The molecule has 0 N–H and O–H groups in total. The number of hydrogen-bond donors (Lipinski definition) is 0. The van der Waals surface area contributed by atoms with Crippen LogP contribution in [0.5, 0.6) is 0 Å². The van der Waals surface area contributed by atoms with Gasteiger partial charge in [-0.15, -0.1) is 0 Å². The Kier molecular flexibility index (Phi) is 4.80. The van der Waals surface area contributed by atoms with Crippen molar-refractivity contribution >= 4 is 12.8 Å². The van der Waals surface area contributed by atoms with Crippen molar-refractivity contribution in [1.29, 1.82) is 0 Å². The number of hydrogen-bond acceptors (Lipinski definition) is 0. The van der Waals surface area contributed by atoms with Crippen LogP contribution in [-0.2, 0) is 0 Å². The van der Waals surface area contributed by atoms with E-state index in [1.54, 1.807) is 0 Å². The Morgan fingerprint density at radius 3 is 2.00 bits per heavy atom. The van der Waals surface area contributed by atoms with Crippen LogP contribution in [0.2, 0.25) is 0 Å². The quantitative estimate of drug-likeness (QED) is 0.348. The molecule has 0 bridgehead atoms. The smallest absolute Gasteiger partial charge is 0.418 e. The first-order valence-electron chi connectivity index (χ1n) is 6.69. The van der Waals surface area contributed by atoms with Crippen molar-refractivity contribution in [2.75, 3.05) is 0 Å². The van der Waals surface area contributed by atoms with Crippen LogP contribution in [0.4, 0.5) is 17.3 Å². The molecule has 0 radical (unpaired) electrons. The minimum atomic E-state index is -6.00. The number of nitrogens with zero attached hydrogens (tertiary/aromatic N) is 1. The third kappa shape index (κ3) is 4.31. The van der Waals surface area contributed by atoms with Crippen LogP contribution in [0.3, 0.4) is 0 Å². The average Bonchev–Trinajstić information content (AvgIpc) is 2.46. The maximum atomic E-state index is 9.75. The molecule has 1 aromatic carbocycles. The maximum Gasteiger partial charge on any atom is 0.673 e. The van der Waals surface area contributed by atoms with Crippen molar-refractivity contribution < 1.29 is 21.7 Å². The van der Waals surface area contributed by atoms with Gasteiger partial charge in [-0.3, -0.25) is 0 Å². The lowest BCUT2D eigenvalue weighted by atomic mass is 10.1. The summed E-state index contributed by atoms with van der Waals surface area (Å²) >= 11 is 0. The fourth-order valence-corrected chi connectivity index (χ4v) is 2.24. The third-order valence-electron chi connectivity index (χ3n) is 3.06. The number of aryl methyl sites for hydroxylation is 1. The normalized spacial score (nSPS) is 11.0. The minimum absolute atomic E-state index is 1.22. The number of pyridine rings is 2. The third-order valence-corrected chi connectivity index (χ3v) is 3.06. The first-order valence-corrected chi connectivity index (χ1v) is 6.69. The SMILES string of the molecule is Cc1ccc2cccc[n+]2c1-c1ccccc1.F[B-](F)(F)F. The van der Waals surface area contributed by atoms with Crippen LogP contribution < -0.4 is 4.40 Å². The molecule has 22 heavy (non-hydrogen) atoms. The van der Waals surface area contributed by atoms with Gasteiger partial charge in [0.15, 0.2) is 6.20 Å². The molecule has 3 rings (SSSR count). The van der Waals surface area contributed by atoms with Crippen molar-refractivity contribution in [2.24, 2.45) is 0 Å². The molecule has 1 nitrogen and oxygen atoms in total. The second-order valence-corrected chi connectivity index (χ2v) is 4.72. The van der Waals surface area contributed by atoms with Crippen molar-refractivity contribution in [3.63, 3.8) is 0 Å². The molecular weight excluding hydrogens is 293 g/mol. The van der Waals surface area contributed by atoms with Crippen molar-refractivity contribution in [3.8, 4) is 11.3 Å². The van der Waals surface area contributed by atoms with E-state index in [9.17, 15) is 17.3 Å². The molecule has 0 aliphatic carbocycles. The molecule has 0 spiro atoms. The van der Waals surface area contributed by atoms with Crippen LogP contribution in [-0.4, -0.2) is 7.25 Å². The highest BCUT2D eigenvalue weighted by molar-refractivity contribution is 6.50. The molecule has 0 aliphatic heterocycles. The van der Waals surface area contributed by atoms with Gasteiger partial charge in [0.2, 0.25) is 11.2 Å². The highest BCUT2D eigenvalue weighted by Crippen LogP contribution is 2.19. The summed E-state index contributed by atoms with van der Waals surface area (Å²) in [6, 6.07) is 21.1. The summed E-state index contributed by atoms with van der Waals surface area (Å²) in [7, 11) is -6.00. The molecule has 0 amide bonds. The molecule has 6 heteroatoms. The minimum Gasteiger partial charge on any atom is -0.418 e. The van der Waals surface area contributed by atoms with E-state index in [-0.39, 0.29) is 0 Å². The molecule has 2 heterocycles. The Balaban J connectivity index is 0.000000309. The highest BCUT2D eigenvalue weighted by atomic mass is 19.5. The number of fused-ring (bicyclic) bond motifs is 1. The van der Waals surface area contributed by atoms with E-state index in [0.29, 0.717) is 0 Å². The van der Waals surface area contributed by atoms with Gasteiger partial charge >= 0.3 is 7.25 Å². The van der Waals surface area contributed by atoms with E-state index in [2.05, 4.69) is 78.2 Å². The Labute approximate surface area is 126 Å². The van der Waals surface area contributed by atoms with Gasteiger partial charge < -0.3 is 17.3 Å². The van der Waals surface area contributed by atoms with Gasteiger partial charge in [-0.1, -0.05) is 18.2 Å². The van der Waals surface area contributed by atoms with E-state index >= 15 is 0 Å². The predicted octanol–water partition coefficient (Wildman–Crippen LogP) is 4.70. The zero-order valence-electron chi connectivity index (χ0n) is 11.9. The van der Waals surface area contributed by atoms with E-state index in [1.807, 2.05) is 0 Å². The number of aromatic nitrogens is 1. The summed E-state index contributed by atoms with van der Waals surface area (Å²) in [6.07, 6.45) is 2.12. The first-order chi connectivity index (χ1) is 10.4. The summed E-state index contributed by atoms with van der Waals surface area (Å²) in [5.41, 5.74) is 5.03. The van der Waals surface area contributed by atoms with E-state index < -0.39 is 7.25 Å². The number of halogens is 4. The molecule has 0 saturated heterocycles. The monoisotopic (exact) mass is 307 g/mol. The van der Waals surface area contributed by atoms with Crippen LogP contribution in [0, 0.1) is 6.92 Å². The van der Waals surface area contributed by atoms with Crippen molar-refractivity contribution in [1.82, 2.24) is 0 Å². The molecule has 0 atom stereocenters. The molecule has 114 valence electrons. The molecular formula is C16H14BF4N. The van der Waals surface area contributed by atoms with Gasteiger partial charge in [-0.05, 0) is 31.2 Å². The first kappa shape index (κ1) is 16.0. The average molecular weight is 307 g/mol. The van der Waals surface area contributed by atoms with Crippen LogP contribution in [0.1, 0.15) is 5.56 Å². The molecule has 0 unspecified atom stereocenters. The summed E-state index contributed by atoms with van der Waals surface area (Å²) in [5.74, 6) is 0. The fraction of sp³-hybridized carbons (Fsp3) is 0.0625. The van der Waals surface area contributed by atoms with Gasteiger partial charge in [0.25, 0.3) is 0 Å².